The SMILES string of the molecule is COC1=CCC(CN=C(Br)N=C(N)N)C=C1. The number of methoxy groups -OCH3 is 1. The summed E-state index contributed by atoms with van der Waals surface area (Å²) in [6.07, 6.45) is 6.95. The Morgan fingerprint density at radius 3 is 2.88 bits per heavy atom. The lowest BCUT2D eigenvalue weighted by molar-refractivity contribution is 0.301. The number of guanidine groups is 1. The highest BCUT2D eigenvalue weighted by molar-refractivity contribution is 9.18. The van der Waals surface area contributed by atoms with E-state index in [2.05, 4.69) is 32.0 Å². The van der Waals surface area contributed by atoms with Crippen LogP contribution in [0.25, 0.3) is 0 Å². The lowest BCUT2D eigenvalue weighted by atomic mass is 10.0. The first-order chi connectivity index (χ1) is 7.61. The van der Waals surface area contributed by atoms with Crippen molar-refractivity contribution in [1.82, 2.24) is 0 Å². The molecule has 88 valence electrons. The Kier molecular flexibility index (Phi) is 5.04. The second kappa shape index (κ2) is 6.32. The molecular weight excluding hydrogens is 272 g/mol. The van der Waals surface area contributed by atoms with Crippen molar-refractivity contribution in [2.75, 3.05) is 13.7 Å². The molecule has 0 spiro atoms. The zero-order valence-corrected chi connectivity index (χ0v) is 10.6. The van der Waals surface area contributed by atoms with Crippen molar-refractivity contribution in [1.29, 1.82) is 0 Å². The number of nitrogens with zero attached hydrogens (tertiary/aromatic N) is 2. The van der Waals surface area contributed by atoms with E-state index in [1.54, 1.807) is 7.11 Å². The highest BCUT2D eigenvalue weighted by Crippen LogP contribution is 2.17. The number of hydrogen-bond acceptors (Lipinski definition) is 2. The van der Waals surface area contributed by atoms with E-state index < -0.39 is 0 Å². The van der Waals surface area contributed by atoms with Gasteiger partial charge in [-0.2, -0.15) is 4.99 Å². The van der Waals surface area contributed by atoms with Crippen LogP contribution in [0.1, 0.15) is 6.42 Å². The second-order valence-electron chi connectivity index (χ2n) is 3.31. The summed E-state index contributed by atoms with van der Waals surface area (Å²) >= 11 is 3.17. The Balaban J connectivity index is 2.45. The van der Waals surface area contributed by atoms with Crippen LogP contribution < -0.4 is 11.5 Å². The quantitative estimate of drug-likeness (QED) is 0.463. The van der Waals surface area contributed by atoms with Gasteiger partial charge in [-0.05, 0) is 34.5 Å². The second-order valence-corrected chi connectivity index (χ2v) is 4.02. The molecule has 0 saturated heterocycles. The number of rotatable bonds is 3. The zero-order valence-electron chi connectivity index (χ0n) is 9.06. The van der Waals surface area contributed by atoms with E-state index >= 15 is 0 Å². The van der Waals surface area contributed by atoms with Crippen LogP contribution in [0.15, 0.2) is 34.0 Å². The van der Waals surface area contributed by atoms with E-state index in [1.807, 2.05) is 12.2 Å². The molecule has 0 aliphatic heterocycles. The Hall–Kier alpha value is -1.30. The molecule has 1 unspecified atom stereocenters. The average molecular weight is 287 g/mol. The van der Waals surface area contributed by atoms with Crippen LogP contribution in [-0.4, -0.2) is 24.4 Å². The number of aliphatic imine (C=N–C) groups is 2. The molecular formula is C10H15BrN4O. The first-order valence-electron chi connectivity index (χ1n) is 4.83. The minimum Gasteiger partial charge on any atom is -0.497 e. The third kappa shape index (κ3) is 4.48. The van der Waals surface area contributed by atoms with Crippen LogP contribution in [0, 0.1) is 5.92 Å². The smallest absolute Gasteiger partial charge is 0.195 e. The van der Waals surface area contributed by atoms with Gasteiger partial charge in [0.15, 0.2) is 10.7 Å². The van der Waals surface area contributed by atoms with Gasteiger partial charge in [0.25, 0.3) is 0 Å². The van der Waals surface area contributed by atoms with Crippen molar-refractivity contribution >= 4 is 26.6 Å². The van der Waals surface area contributed by atoms with E-state index in [1.165, 1.54) is 0 Å². The fourth-order valence-electron chi connectivity index (χ4n) is 1.27. The number of nitrogens with two attached hydrogens (primary N) is 2. The Morgan fingerprint density at radius 1 is 1.62 bits per heavy atom. The van der Waals surface area contributed by atoms with Crippen LogP contribution >= 0.6 is 15.9 Å². The lowest BCUT2D eigenvalue weighted by Crippen LogP contribution is -2.23. The van der Waals surface area contributed by atoms with Crippen molar-refractivity contribution in [3.8, 4) is 0 Å². The topological polar surface area (TPSA) is 86.0 Å². The van der Waals surface area contributed by atoms with Gasteiger partial charge in [0.1, 0.15) is 5.76 Å². The highest BCUT2D eigenvalue weighted by atomic mass is 79.9. The van der Waals surface area contributed by atoms with Crippen LogP contribution in [0.5, 0.6) is 0 Å². The van der Waals surface area contributed by atoms with E-state index in [0.717, 1.165) is 12.2 Å². The predicted octanol–water partition coefficient (Wildman–Crippen LogP) is 1.12. The monoisotopic (exact) mass is 286 g/mol. The molecule has 0 heterocycles. The molecule has 1 aliphatic rings. The number of amidine groups is 1. The fourth-order valence-corrected chi connectivity index (χ4v) is 1.62. The number of ether oxygens (including phenoxy) is 1. The standard InChI is InChI=1S/C10H15BrN4O/c1-16-8-4-2-7(3-5-8)6-14-9(11)15-10(12)13/h2,4-5,7H,3,6H2,1H3,(H4,12,13,14,15). The maximum absolute atomic E-state index is 5.22. The van der Waals surface area contributed by atoms with Gasteiger partial charge in [0, 0.05) is 12.5 Å². The Labute approximate surface area is 103 Å². The number of allylic oxidation sites excluding steroid dienone is 2. The van der Waals surface area contributed by atoms with Crippen molar-refractivity contribution in [2.24, 2.45) is 27.4 Å². The van der Waals surface area contributed by atoms with Gasteiger partial charge in [0.05, 0.1) is 7.11 Å². The van der Waals surface area contributed by atoms with E-state index in [-0.39, 0.29) is 5.96 Å². The summed E-state index contributed by atoms with van der Waals surface area (Å²) in [5.41, 5.74) is 10.4. The van der Waals surface area contributed by atoms with Gasteiger partial charge in [0.2, 0.25) is 0 Å². The van der Waals surface area contributed by atoms with Crippen molar-refractivity contribution in [2.45, 2.75) is 6.42 Å². The molecule has 0 bridgehead atoms. The molecule has 16 heavy (non-hydrogen) atoms. The number of hydrogen-bond donors (Lipinski definition) is 2. The largest absolute Gasteiger partial charge is 0.497 e. The van der Waals surface area contributed by atoms with E-state index in [0.29, 0.717) is 17.2 Å². The summed E-state index contributed by atoms with van der Waals surface area (Å²) in [5.74, 6) is 1.25. The summed E-state index contributed by atoms with van der Waals surface area (Å²) in [7, 11) is 1.66. The maximum Gasteiger partial charge on any atom is 0.195 e. The van der Waals surface area contributed by atoms with Crippen molar-refractivity contribution < 1.29 is 4.74 Å². The normalized spacial score (nSPS) is 20.2. The van der Waals surface area contributed by atoms with Crippen molar-refractivity contribution in [3.05, 3.63) is 24.0 Å². The molecule has 4 N–H and O–H groups in total. The van der Waals surface area contributed by atoms with Gasteiger partial charge < -0.3 is 16.2 Å². The van der Waals surface area contributed by atoms with E-state index in [9.17, 15) is 0 Å². The third-order valence-corrected chi connectivity index (χ3v) is 2.50. The molecule has 0 fully saturated rings. The molecule has 0 amide bonds. The summed E-state index contributed by atoms with van der Waals surface area (Å²) < 4.78 is 5.51. The third-order valence-electron chi connectivity index (χ3n) is 2.07. The molecule has 0 aromatic rings. The first kappa shape index (κ1) is 12.8. The van der Waals surface area contributed by atoms with Crippen LogP contribution in [-0.2, 0) is 4.74 Å². The molecule has 0 radical (unpaired) electrons. The number of halogens is 1. The predicted molar refractivity (Wildman–Crippen MR) is 69.4 cm³/mol. The molecule has 1 rings (SSSR count). The summed E-state index contributed by atoms with van der Waals surface area (Å²) in [6.45, 7) is 0.640. The minimum atomic E-state index is -0.00336. The molecule has 0 aromatic heterocycles. The summed E-state index contributed by atoms with van der Waals surface area (Å²) in [5, 5.41) is 0. The summed E-state index contributed by atoms with van der Waals surface area (Å²) in [6, 6.07) is 0. The van der Waals surface area contributed by atoms with Crippen LogP contribution in [0.3, 0.4) is 0 Å². The summed E-state index contributed by atoms with van der Waals surface area (Å²) in [4.78, 5) is 7.97. The minimum absolute atomic E-state index is 0.00336. The van der Waals surface area contributed by atoms with Crippen molar-refractivity contribution in [3.63, 3.8) is 0 Å². The van der Waals surface area contributed by atoms with Gasteiger partial charge in [-0.3, -0.25) is 4.99 Å². The fraction of sp³-hybridized carbons (Fsp3) is 0.400. The molecule has 1 atom stereocenters. The van der Waals surface area contributed by atoms with Crippen LogP contribution in [0.4, 0.5) is 0 Å². The first-order valence-corrected chi connectivity index (χ1v) is 5.63. The molecule has 0 aromatic carbocycles. The molecule has 1 aliphatic carbocycles. The average Bonchev–Trinajstić information content (AvgIpc) is 2.26. The zero-order chi connectivity index (χ0) is 12.0. The van der Waals surface area contributed by atoms with E-state index in [4.69, 9.17) is 16.2 Å². The lowest BCUT2D eigenvalue weighted by Gasteiger charge is -2.13. The molecule has 0 saturated carbocycles. The van der Waals surface area contributed by atoms with Crippen LogP contribution in [0.2, 0.25) is 0 Å². The molecule has 6 heteroatoms. The Bertz CT molecular complexity index is 356. The van der Waals surface area contributed by atoms with Gasteiger partial charge >= 0.3 is 0 Å². The highest BCUT2D eigenvalue weighted by Gasteiger charge is 2.08. The van der Waals surface area contributed by atoms with Gasteiger partial charge in [-0.25, -0.2) is 0 Å². The molecule has 5 nitrogen and oxygen atoms in total. The van der Waals surface area contributed by atoms with Gasteiger partial charge in [-0.1, -0.05) is 6.08 Å². The Morgan fingerprint density at radius 2 is 2.38 bits per heavy atom. The van der Waals surface area contributed by atoms with Gasteiger partial charge in [-0.15, -0.1) is 0 Å². The maximum atomic E-state index is 5.22.